The van der Waals surface area contributed by atoms with Crippen molar-refractivity contribution in [3.63, 3.8) is 0 Å². The molecular formula is C10H20N4O2. The SMILES string of the molecule is CC1CCN(CCC(=O)NC(N)=O)CC1N. The summed E-state index contributed by atoms with van der Waals surface area (Å²) in [5.74, 6) is 0.204. The van der Waals surface area contributed by atoms with Crippen LogP contribution in [0, 0.1) is 5.92 Å². The van der Waals surface area contributed by atoms with Gasteiger partial charge in [0.2, 0.25) is 5.91 Å². The lowest BCUT2D eigenvalue weighted by Gasteiger charge is -2.34. The second-order valence-electron chi connectivity index (χ2n) is 4.39. The maximum atomic E-state index is 11.2. The number of hydrogen-bond acceptors (Lipinski definition) is 4. The predicted molar refractivity (Wildman–Crippen MR) is 60.5 cm³/mol. The molecule has 1 aliphatic heterocycles. The Hall–Kier alpha value is -1.14. The van der Waals surface area contributed by atoms with E-state index in [1.54, 1.807) is 0 Å². The Labute approximate surface area is 95.3 Å². The second-order valence-corrected chi connectivity index (χ2v) is 4.39. The fourth-order valence-electron chi connectivity index (χ4n) is 1.83. The van der Waals surface area contributed by atoms with Gasteiger partial charge in [-0.25, -0.2) is 4.79 Å². The van der Waals surface area contributed by atoms with E-state index < -0.39 is 6.03 Å². The van der Waals surface area contributed by atoms with Crippen LogP contribution in [0.15, 0.2) is 0 Å². The van der Waals surface area contributed by atoms with E-state index in [4.69, 9.17) is 11.5 Å². The normalized spacial score (nSPS) is 26.4. The molecule has 0 aromatic rings. The van der Waals surface area contributed by atoms with Crippen LogP contribution < -0.4 is 16.8 Å². The lowest BCUT2D eigenvalue weighted by atomic mass is 9.94. The summed E-state index contributed by atoms with van der Waals surface area (Å²) < 4.78 is 0. The minimum absolute atomic E-state index is 0.174. The summed E-state index contributed by atoms with van der Waals surface area (Å²) in [6.45, 7) is 4.53. The first kappa shape index (κ1) is 12.9. The van der Waals surface area contributed by atoms with Crippen molar-refractivity contribution in [2.24, 2.45) is 17.4 Å². The highest BCUT2D eigenvalue weighted by molar-refractivity contribution is 5.93. The van der Waals surface area contributed by atoms with Gasteiger partial charge in [-0.1, -0.05) is 6.92 Å². The van der Waals surface area contributed by atoms with Crippen molar-refractivity contribution in [2.45, 2.75) is 25.8 Å². The predicted octanol–water partition coefficient (Wildman–Crippen LogP) is -0.759. The Balaban J connectivity index is 2.23. The summed E-state index contributed by atoms with van der Waals surface area (Å²) in [5.41, 5.74) is 10.8. The van der Waals surface area contributed by atoms with Crippen LogP contribution in [0.2, 0.25) is 0 Å². The molecule has 0 aromatic heterocycles. The maximum Gasteiger partial charge on any atom is 0.318 e. The van der Waals surface area contributed by atoms with Crippen molar-refractivity contribution < 1.29 is 9.59 Å². The molecular weight excluding hydrogens is 208 g/mol. The third-order valence-corrected chi connectivity index (χ3v) is 3.02. The van der Waals surface area contributed by atoms with E-state index in [0.29, 0.717) is 12.5 Å². The molecule has 5 N–H and O–H groups in total. The summed E-state index contributed by atoms with van der Waals surface area (Å²) in [6, 6.07) is -0.623. The summed E-state index contributed by atoms with van der Waals surface area (Å²) in [7, 11) is 0. The van der Waals surface area contributed by atoms with Gasteiger partial charge in [-0.15, -0.1) is 0 Å². The topological polar surface area (TPSA) is 101 Å². The van der Waals surface area contributed by atoms with Gasteiger partial charge in [-0.05, 0) is 18.9 Å². The first-order valence-electron chi connectivity index (χ1n) is 5.56. The molecule has 1 saturated heterocycles. The van der Waals surface area contributed by atoms with Crippen LogP contribution in [0.5, 0.6) is 0 Å². The number of imide groups is 1. The third kappa shape index (κ3) is 4.16. The average Bonchev–Trinajstić information content (AvgIpc) is 2.19. The Bertz CT molecular complexity index is 270. The molecule has 1 rings (SSSR count). The van der Waals surface area contributed by atoms with Gasteiger partial charge in [0.15, 0.2) is 0 Å². The number of primary amides is 1. The largest absolute Gasteiger partial charge is 0.351 e. The zero-order valence-electron chi connectivity index (χ0n) is 9.61. The lowest BCUT2D eigenvalue weighted by Crippen LogP contribution is -2.48. The molecule has 6 nitrogen and oxygen atoms in total. The van der Waals surface area contributed by atoms with Gasteiger partial charge >= 0.3 is 6.03 Å². The van der Waals surface area contributed by atoms with E-state index in [1.165, 1.54) is 0 Å². The van der Waals surface area contributed by atoms with Crippen molar-refractivity contribution in [1.82, 2.24) is 10.2 Å². The lowest BCUT2D eigenvalue weighted by molar-refractivity contribution is -0.120. The Morgan fingerprint density at radius 1 is 1.50 bits per heavy atom. The van der Waals surface area contributed by atoms with Crippen molar-refractivity contribution >= 4 is 11.9 Å². The third-order valence-electron chi connectivity index (χ3n) is 3.02. The highest BCUT2D eigenvalue weighted by Gasteiger charge is 2.23. The number of nitrogens with two attached hydrogens (primary N) is 2. The number of piperidine rings is 1. The number of urea groups is 1. The maximum absolute atomic E-state index is 11.2. The van der Waals surface area contributed by atoms with Crippen LogP contribution in [-0.2, 0) is 4.79 Å². The number of carbonyl (C=O) groups excluding carboxylic acids is 2. The van der Waals surface area contributed by atoms with Gasteiger partial charge in [0.25, 0.3) is 0 Å². The smallest absolute Gasteiger partial charge is 0.318 e. The van der Waals surface area contributed by atoms with Gasteiger partial charge in [-0.3, -0.25) is 10.1 Å². The molecule has 0 bridgehead atoms. The van der Waals surface area contributed by atoms with Crippen LogP contribution >= 0.6 is 0 Å². The molecule has 16 heavy (non-hydrogen) atoms. The fraction of sp³-hybridized carbons (Fsp3) is 0.800. The number of nitrogens with zero attached hydrogens (tertiary/aromatic N) is 1. The first-order valence-corrected chi connectivity index (χ1v) is 5.56. The molecule has 1 aliphatic rings. The van der Waals surface area contributed by atoms with E-state index in [0.717, 1.165) is 19.5 Å². The van der Waals surface area contributed by atoms with E-state index in [1.807, 2.05) is 5.32 Å². The molecule has 2 unspecified atom stereocenters. The molecule has 1 heterocycles. The monoisotopic (exact) mass is 228 g/mol. The van der Waals surface area contributed by atoms with Crippen LogP contribution in [-0.4, -0.2) is 42.5 Å². The van der Waals surface area contributed by atoms with Crippen LogP contribution in [0.4, 0.5) is 4.79 Å². The van der Waals surface area contributed by atoms with E-state index in [-0.39, 0.29) is 18.4 Å². The Morgan fingerprint density at radius 2 is 2.19 bits per heavy atom. The van der Waals surface area contributed by atoms with Crippen molar-refractivity contribution in [1.29, 1.82) is 0 Å². The minimum Gasteiger partial charge on any atom is -0.351 e. The van der Waals surface area contributed by atoms with E-state index in [9.17, 15) is 9.59 Å². The Kier molecular flexibility index (Phi) is 4.70. The molecule has 3 amide bonds. The number of likely N-dealkylation sites (tertiary alicyclic amines) is 1. The average molecular weight is 228 g/mol. The Morgan fingerprint density at radius 3 is 2.75 bits per heavy atom. The van der Waals surface area contributed by atoms with Crippen LogP contribution in [0.25, 0.3) is 0 Å². The zero-order chi connectivity index (χ0) is 12.1. The number of hydrogen-bond donors (Lipinski definition) is 3. The molecule has 6 heteroatoms. The van der Waals surface area contributed by atoms with Crippen molar-refractivity contribution in [2.75, 3.05) is 19.6 Å². The van der Waals surface area contributed by atoms with E-state index in [2.05, 4.69) is 11.8 Å². The van der Waals surface area contributed by atoms with Gasteiger partial charge in [0, 0.05) is 25.6 Å². The standard InChI is InChI=1S/C10H20N4O2/c1-7-2-4-14(6-8(7)11)5-3-9(15)13-10(12)16/h7-8H,2-6,11H2,1H3,(H3,12,13,15,16). The highest BCUT2D eigenvalue weighted by Crippen LogP contribution is 2.15. The molecule has 0 radical (unpaired) electrons. The molecule has 0 spiro atoms. The minimum atomic E-state index is -0.797. The zero-order valence-corrected chi connectivity index (χ0v) is 9.61. The van der Waals surface area contributed by atoms with Gasteiger partial charge in [0.1, 0.15) is 0 Å². The van der Waals surface area contributed by atoms with Gasteiger partial charge in [0.05, 0.1) is 0 Å². The number of carbonyl (C=O) groups is 2. The summed E-state index contributed by atoms with van der Waals surface area (Å²) in [4.78, 5) is 23.7. The second kappa shape index (κ2) is 5.81. The highest BCUT2D eigenvalue weighted by atomic mass is 16.2. The summed E-state index contributed by atoms with van der Waals surface area (Å²) in [5, 5.41) is 2.04. The van der Waals surface area contributed by atoms with Crippen molar-refractivity contribution in [3.8, 4) is 0 Å². The molecule has 0 saturated carbocycles. The molecule has 0 aliphatic carbocycles. The van der Waals surface area contributed by atoms with Gasteiger partial charge in [-0.2, -0.15) is 0 Å². The number of rotatable bonds is 3. The summed E-state index contributed by atoms with van der Waals surface area (Å²) >= 11 is 0. The molecule has 92 valence electrons. The van der Waals surface area contributed by atoms with Crippen LogP contribution in [0.1, 0.15) is 19.8 Å². The summed E-state index contributed by atoms with van der Waals surface area (Å²) in [6.07, 6.45) is 1.34. The number of nitrogens with one attached hydrogen (secondary N) is 1. The number of amides is 3. The fourth-order valence-corrected chi connectivity index (χ4v) is 1.83. The van der Waals surface area contributed by atoms with Gasteiger partial charge < -0.3 is 16.4 Å². The van der Waals surface area contributed by atoms with E-state index >= 15 is 0 Å². The quantitative estimate of drug-likeness (QED) is 0.591. The molecule has 1 fully saturated rings. The first-order chi connectivity index (χ1) is 7.49. The molecule has 0 aromatic carbocycles. The molecule has 2 atom stereocenters. The van der Waals surface area contributed by atoms with Crippen molar-refractivity contribution in [3.05, 3.63) is 0 Å². The van der Waals surface area contributed by atoms with Crippen LogP contribution in [0.3, 0.4) is 0 Å².